The van der Waals surface area contributed by atoms with E-state index in [-0.39, 0.29) is 24.4 Å². The molecule has 0 saturated carbocycles. The molecule has 1 aliphatic rings. The molecule has 1 fully saturated rings. The van der Waals surface area contributed by atoms with Gasteiger partial charge in [0, 0.05) is 51.6 Å². The van der Waals surface area contributed by atoms with Crippen molar-refractivity contribution < 1.29 is 14.1 Å². The van der Waals surface area contributed by atoms with Crippen LogP contribution in [0.5, 0.6) is 0 Å². The molecule has 1 aliphatic heterocycles. The minimum atomic E-state index is -0.0430. The standard InChI is InChI=1S/C17H28N4O3/c1-12(2)15-9-14(19-24-15)10-18-13-5-6-16(22)21(8-7-13)11-17(23)20(3)4/h9,12-13,18H,5-8,10-11H2,1-4H3/t13-/m0/s1. The highest BCUT2D eigenvalue weighted by Crippen LogP contribution is 2.16. The van der Waals surface area contributed by atoms with Crippen LogP contribution in [-0.2, 0) is 16.1 Å². The van der Waals surface area contributed by atoms with E-state index in [9.17, 15) is 9.59 Å². The second-order valence-corrected chi connectivity index (χ2v) is 6.88. The molecule has 7 heteroatoms. The van der Waals surface area contributed by atoms with E-state index >= 15 is 0 Å². The summed E-state index contributed by atoms with van der Waals surface area (Å²) in [6, 6.07) is 2.22. The number of amides is 2. The summed E-state index contributed by atoms with van der Waals surface area (Å²) < 4.78 is 5.30. The van der Waals surface area contributed by atoms with E-state index in [1.165, 1.54) is 4.90 Å². The van der Waals surface area contributed by atoms with Gasteiger partial charge in [0.05, 0.1) is 12.2 Å². The van der Waals surface area contributed by atoms with Gasteiger partial charge >= 0.3 is 0 Å². The van der Waals surface area contributed by atoms with Gasteiger partial charge in [0.15, 0.2) is 0 Å². The Morgan fingerprint density at radius 1 is 1.46 bits per heavy atom. The Morgan fingerprint density at radius 3 is 2.83 bits per heavy atom. The first-order valence-electron chi connectivity index (χ1n) is 8.53. The number of nitrogens with zero attached hydrogens (tertiary/aromatic N) is 3. The first kappa shape index (κ1) is 18.4. The van der Waals surface area contributed by atoms with Crippen molar-refractivity contribution in [3.8, 4) is 0 Å². The highest BCUT2D eigenvalue weighted by atomic mass is 16.5. The van der Waals surface area contributed by atoms with Gasteiger partial charge in [-0.25, -0.2) is 0 Å². The molecule has 24 heavy (non-hydrogen) atoms. The van der Waals surface area contributed by atoms with Gasteiger partial charge in [0.25, 0.3) is 0 Å². The Balaban J connectivity index is 1.83. The molecule has 0 unspecified atom stereocenters. The molecule has 0 aliphatic carbocycles. The van der Waals surface area contributed by atoms with Crippen molar-refractivity contribution in [3.63, 3.8) is 0 Å². The monoisotopic (exact) mass is 336 g/mol. The number of likely N-dealkylation sites (tertiary alicyclic amines) is 1. The average Bonchev–Trinajstić information content (AvgIpc) is 2.94. The molecule has 1 aromatic heterocycles. The van der Waals surface area contributed by atoms with E-state index in [2.05, 4.69) is 24.3 Å². The predicted molar refractivity (Wildman–Crippen MR) is 90.3 cm³/mol. The summed E-state index contributed by atoms with van der Waals surface area (Å²) in [5.41, 5.74) is 0.883. The Hall–Kier alpha value is -1.89. The van der Waals surface area contributed by atoms with Gasteiger partial charge in [0.1, 0.15) is 5.76 Å². The lowest BCUT2D eigenvalue weighted by Crippen LogP contribution is -2.40. The van der Waals surface area contributed by atoms with Crippen molar-refractivity contribution in [2.45, 2.75) is 51.6 Å². The third kappa shape index (κ3) is 5.06. The molecule has 2 heterocycles. The molecular weight excluding hydrogens is 308 g/mol. The van der Waals surface area contributed by atoms with Crippen LogP contribution in [0.25, 0.3) is 0 Å². The average molecular weight is 336 g/mol. The fourth-order valence-corrected chi connectivity index (χ4v) is 2.65. The van der Waals surface area contributed by atoms with Crippen molar-refractivity contribution in [2.75, 3.05) is 27.2 Å². The Labute approximate surface area is 143 Å². The highest BCUT2D eigenvalue weighted by molar-refractivity contribution is 5.84. The maximum atomic E-state index is 12.2. The maximum absolute atomic E-state index is 12.2. The third-order valence-corrected chi connectivity index (χ3v) is 4.35. The quantitative estimate of drug-likeness (QED) is 0.848. The molecule has 0 spiro atoms. The summed E-state index contributed by atoms with van der Waals surface area (Å²) in [5, 5.41) is 7.52. The van der Waals surface area contributed by atoms with Crippen LogP contribution < -0.4 is 5.32 Å². The van der Waals surface area contributed by atoms with Crippen LogP contribution in [0.4, 0.5) is 0 Å². The lowest BCUT2D eigenvalue weighted by Gasteiger charge is -2.22. The van der Waals surface area contributed by atoms with Gasteiger partial charge in [-0.2, -0.15) is 0 Å². The molecule has 0 bridgehead atoms. The molecule has 0 aromatic carbocycles. The van der Waals surface area contributed by atoms with Crippen molar-refractivity contribution >= 4 is 11.8 Å². The lowest BCUT2D eigenvalue weighted by molar-refractivity contribution is -0.138. The number of carbonyl (C=O) groups is 2. The van der Waals surface area contributed by atoms with Crippen molar-refractivity contribution in [1.82, 2.24) is 20.3 Å². The largest absolute Gasteiger partial charge is 0.361 e. The molecule has 1 atom stereocenters. The zero-order valence-corrected chi connectivity index (χ0v) is 15.0. The second-order valence-electron chi connectivity index (χ2n) is 6.88. The van der Waals surface area contributed by atoms with Gasteiger partial charge in [0.2, 0.25) is 11.8 Å². The second kappa shape index (κ2) is 8.28. The number of rotatable bonds is 6. The van der Waals surface area contributed by atoms with Gasteiger partial charge in [-0.3, -0.25) is 9.59 Å². The smallest absolute Gasteiger partial charge is 0.241 e. The van der Waals surface area contributed by atoms with E-state index < -0.39 is 0 Å². The van der Waals surface area contributed by atoms with Crippen molar-refractivity contribution in [1.29, 1.82) is 0 Å². The van der Waals surface area contributed by atoms with Crippen molar-refractivity contribution in [2.24, 2.45) is 0 Å². The van der Waals surface area contributed by atoms with Crippen LogP contribution in [0.1, 0.15) is 50.5 Å². The Morgan fingerprint density at radius 2 is 2.21 bits per heavy atom. The molecule has 1 saturated heterocycles. The molecule has 2 amide bonds. The predicted octanol–water partition coefficient (Wildman–Crippen LogP) is 1.36. The highest BCUT2D eigenvalue weighted by Gasteiger charge is 2.24. The number of hydrogen-bond donors (Lipinski definition) is 1. The molecule has 1 N–H and O–H groups in total. The van der Waals surface area contributed by atoms with Gasteiger partial charge < -0.3 is 19.6 Å². The molecule has 1 aromatic rings. The molecule has 134 valence electrons. The fraction of sp³-hybridized carbons (Fsp3) is 0.706. The van der Waals surface area contributed by atoms with Gasteiger partial charge in [-0.15, -0.1) is 0 Å². The Bertz CT molecular complexity index is 568. The van der Waals surface area contributed by atoms with E-state index in [1.807, 2.05) is 6.07 Å². The van der Waals surface area contributed by atoms with E-state index in [0.717, 1.165) is 24.3 Å². The number of aromatic nitrogens is 1. The normalized spacial score (nSPS) is 18.8. The zero-order chi connectivity index (χ0) is 17.7. The van der Waals surface area contributed by atoms with Crippen LogP contribution in [0.2, 0.25) is 0 Å². The van der Waals surface area contributed by atoms with Gasteiger partial charge in [-0.05, 0) is 12.8 Å². The van der Waals surface area contributed by atoms with Crippen LogP contribution in [0.15, 0.2) is 10.6 Å². The van der Waals surface area contributed by atoms with Crippen LogP contribution in [-0.4, -0.2) is 60.0 Å². The number of nitrogens with one attached hydrogen (secondary N) is 1. The van der Waals surface area contributed by atoms with Crippen LogP contribution in [0.3, 0.4) is 0 Å². The number of hydrogen-bond acceptors (Lipinski definition) is 5. The fourth-order valence-electron chi connectivity index (χ4n) is 2.65. The first-order valence-corrected chi connectivity index (χ1v) is 8.53. The molecule has 7 nitrogen and oxygen atoms in total. The SMILES string of the molecule is CC(C)c1cc(CN[C@H]2CCC(=O)N(CC(=O)N(C)C)CC2)no1. The Kier molecular flexibility index (Phi) is 6.36. The van der Waals surface area contributed by atoms with Crippen LogP contribution in [0, 0.1) is 0 Å². The third-order valence-electron chi connectivity index (χ3n) is 4.35. The summed E-state index contributed by atoms with van der Waals surface area (Å²) in [5.74, 6) is 1.22. The van der Waals surface area contributed by atoms with Crippen LogP contribution >= 0.6 is 0 Å². The van der Waals surface area contributed by atoms with E-state index in [4.69, 9.17) is 4.52 Å². The van der Waals surface area contributed by atoms with E-state index in [1.54, 1.807) is 19.0 Å². The van der Waals surface area contributed by atoms with Gasteiger partial charge in [-0.1, -0.05) is 19.0 Å². The first-order chi connectivity index (χ1) is 11.4. The zero-order valence-electron chi connectivity index (χ0n) is 15.0. The lowest BCUT2D eigenvalue weighted by atomic mass is 10.1. The molecule has 2 rings (SSSR count). The summed E-state index contributed by atoms with van der Waals surface area (Å²) in [6.45, 7) is 5.54. The molecule has 0 radical (unpaired) electrons. The molecular formula is C17H28N4O3. The minimum Gasteiger partial charge on any atom is -0.361 e. The summed E-state index contributed by atoms with van der Waals surface area (Å²) in [6.07, 6.45) is 2.08. The summed E-state index contributed by atoms with van der Waals surface area (Å²) >= 11 is 0. The minimum absolute atomic E-state index is 0.0430. The summed E-state index contributed by atoms with van der Waals surface area (Å²) in [4.78, 5) is 27.2. The summed E-state index contributed by atoms with van der Waals surface area (Å²) in [7, 11) is 3.41. The number of carbonyl (C=O) groups excluding carboxylic acids is 2. The topological polar surface area (TPSA) is 78.7 Å². The maximum Gasteiger partial charge on any atom is 0.241 e. The van der Waals surface area contributed by atoms with Crippen molar-refractivity contribution in [3.05, 3.63) is 17.5 Å². The van der Waals surface area contributed by atoms with E-state index in [0.29, 0.717) is 25.4 Å². The number of likely N-dealkylation sites (N-methyl/N-ethyl adjacent to an activating group) is 1.